The quantitative estimate of drug-likeness (QED) is 0.611. The van der Waals surface area contributed by atoms with Gasteiger partial charge in [0.1, 0.15) is 0 Å². The highest BCUT2D eigenvalue weighted by atomic mass is 16.7. The van der Waals surface area contributed by atoms with Gasteiger partial charge < -0.3 is 18.9 Å². The summed E-state index contributed by atoms with van der Waals surface area (Å²) in [6, 6.07) is 9.82. The van der Waals surface area contributed by atoms with Crippen LogP contribution in [0, 0.1) is 0 Å². The SMILES string of the molecule is O=C(OC1CCCO1)c1ccc2c(c1)C(=O)c1cc(C(=O)OC3CCCO3)ccc1-2. The zero-order chi connectivity index (χ0) is 20.7. The molecule has 0 amide bonds. The molecule has 2 unspecified atom stereocenters. The van der Waals surface area contributed by atoms with Crippen molar-refractivity contribution in [2.24, 2.45) is 0 Å². The number of fused-ring (bicyclic) bond motifs is 3. The fourth-order valence-electron chi connectivity index (χ4n) is 3.99. The lowest BCUT2D eigenvalue weighted by Gasteiger charge is -2.11. The molecule has 3 aliphatic rings. The van der Waals surface area contributed by atoms with Gasteiger partial charge in [0.25, 0.3) is 0 Å². The molecule has 2 aromatic carbocycles. The lowest BCUT2D eigenvalue weighted by atomic mass is 10.0. The highest BCUT2D eigenvalue weighted by Crippen LogP contribution is 2.38. The van der Waals surface area contributed by atoms with E-state index >= 15 is 0 Å². The average molecular weight is 408 g/mol. The topological polar surface area (TPSA) is 88.1 Å². The molecule has 0 saturated carbocycles. The number of hydrogen-bond donors (Lipinski definition) is 0. The number of carbonyl (C=O) groups is 3. The molecule has 7 heteroatoms. The first-order valence-electron chi connectivity index (χ1n) is 10.1. The Morgan fingerprint density at radius 2 is 1.20 bits per heavy atom. The van der Waals surface area contributed by atoms with Crippen molar-refractivity contribution < 1.29 is 33.3 Å². The molecule has 0 bridgehead atoms. The summed E-state index contributed by atoms with van der Waals surface area (Å²) in [4.78, 5) is 37.8. The van der Waals surface area contributed by atoms with Crippen LogP contribution in [0.3, 0.4) is 0 Å². The van der Waals surface area contributed by atoms with E-state index in [2.05, 4.69) is 0 Å². The summed E-state index contributed by atoms with van der Waals surface area (Å²) in [5, 5.41) is 0. The van der Waals surface area contributed by atoms with Crippen LogP contribution in [0.2, 0.25) is 0 Å². The minimum atomic E-state index is -0.531. The molecule has 154 valence electrons. The molecule has 2 heterocycles. The third kappa shape index (κ3) is 3.40. The molecular weight excluding hydrogens is 388 g/mol. The summed E-state index contributed by atoms with van der Waals surface area (Å²) in [6.45, 7) is 1.15. The molecule has 2 aliphatic heterocycles. The van der Waals surface area contributed by atoms with Gasteiger partial charge in [0, 0.05) is 24.0 Å². The largest absolute Gasteiger partial charge is 0.432 e. The Morgan fingerprint density at radius 3 is 1.60 bits per heavy atom. The van der Waals surface area contributed by atoms with E-state index in [1.165, 1.54) is 0 Å². The summed E-state index contributed by atoms with van der Waals surface area (Å²) in [5.41, 5.74) is 2.87. The minimum Gasteiger partial charge on any atom is -0.432 e. The summed E-state index contributed by atoms with van der Waals surface area (Å²) >= 11 is 0. The van der Waals surface area contributed by atoms with Gasteiger partial charge in [-0.2, -0.15) is 0 Å². The molecule has 1 aliphatic carbocycles. The predicted molar refractivity (Wildman–Crippen MR) is 104 cm³/mol. The summed E-state index contributed by atoms with van der Waals surface area (Å²) in [5.74, 6) is -1.28. The van der Waals surface area contributed by atoms with Gasteiger partial charge in [-0.1, -0.05) is 12.1 Å². The summed E-state index contributed by atoms with van der Waals surface area (Å²) in [6.07, 6.45) is 1.99. The van der Waals surface area contributed by atoms with Gasteiger partial charge in [-0.15, -0.1) is 0 Å². The van der Waals surface area contributed by atoms with E-state index in [0.717, 1.165) is 24.0 Å². The van der Waals surface area contributed by atoms with Crippen molar-refractivity contribution in [1.82, 2.24) is 0 Å². The lowest BCUT2D eigenvalue weighted by Crippen LogP contribution is -2.17. The maximum atomic E-state index is 13.0. The van der Waals surface area contributed by atoms with Crippen LogP contribution in [0.1, 0.15) is 62.3 Å². The van der Waals surface area contributed by atoms with Gasteiger partial charge in [-0.3, -0.25) is 4.79 Å². The van der Waals surface area contributed by atoms with Crippen LogP contribution in [-0.2, 0) is 18.9 Å². The second kappa shape index (κ2) is 7.66. The Labute approximate surface area is 172 Å². The fourth-order valence-corrected chi connectivity index (χ4v) is 3.99. The van der Waals surface area contributed by atoms with Crippen LogP contribution in [0.15, 0.2) is 36.4 Å². The molecule has 0 radical (unpaired) electrons. The molecule has 0 spiro atoms. The van der Waals surface area contributed by atoms with Crippen molar-refractivity contribution >= 4 is 17.7 Å². The van der Waals surface area contributed by atoms with Crippen LogP contribution >= 0.6 is 0 Å². The fraction of sp³-hybridized carbons (Fsp3) is 0.348. The van der Waals surface area contributed by atoms with E-state index in [9.17, 15) is 14.4 Å². The van der Waals surface area contributed by atoms with Gasteiger partial charge in [0.05, 0.1) is 24.3 Å². The number of ketones is 1. The van der Waals surface area contributed by atoms with Crippen molar-refractivity contribution in [1.29, 1.82) is 0 Å². The smallest absolute Gasteiger partial charge is 0.340 e. The van der Waals surface area contributed by atoms with E-state index < -0.39 is 24.5 Å². The van der Waals surface area contributed by atoms with Crippen LogP contribution in [-0.4, -0.2) is 43.5 Å². The van der Waals surface area contributed by atoms with Crippen molar-refractivity contribution in [3.05, 3.63) is 58.7 Å². The van der Waals surface area contributed by atoms with E-state index in [-0.39, 0.29) is 5.78 Å². The van der Waals surface area contributed by atoms with Gasteiger partial charge in [0.2, 0.25) is 12.6 Å². The average Bonchev–Trinajstić information content (AvgIpc) is 3.50. The van der Waals surface area contributed by atoms with Crippen LogP contribution < -0.4 is 0 Å². The number of carbonyl (C=O) groups excluding carboxylic acids is 3. The molecule has 5 rings (SSSR count). The number of rotatable bonds is 4. The zero-order valence-corrected chi connectivity index (χ0v) is 16.2. The van der Waals surface area contributed by atoms with Crippen LogP contribution in [0.4, 0.5) is 0 Å². The first-order chi connectivity index (χ1) is 14.6. The Kier molecular flexibility index (Phi) is 4.84. The van der Waals surface area contributed by atoms with Crippen molar-refractivity contribution in [2.45, 2.75) is 38.3 Å². The van der Waals surface area contributed by atoms with Crippen molar-refractivity contribution in [2.75, 3.05) is 13.2 Å². The monoisotopic (exact) mass is 408 g/mol. The van der Waals surface area contributed by atoms with E-state index in [4.69, 9.17) is 18.9 Å². The Hall–Kier alpha value is -3.03. The number of ether oxygens (including phenoxy) is 4. The molecule has 2 atom stereocenters. The predicted octanol–water partition coefficient (Wildman–Crippen LogP) is 3.48. The summed E-state index contributed by atoms with van der Waals surface area (Å²) in [7, 11) is 0. The molecule has 0 aromatic heterocycles. The molecule has 7 nitrogen and oxygen atoms in total. The molecule has 2 fully saturated rings. The molecule has 2 aromatic rings. The number of hydrogen-bond acceptors (Lipinski definition) is 7. The Balaban J connectivity index is 1.37. The van der Waals surface area contributed by atoms with Gasteiger partial charge in [0.15, 0.2) is 5.78 Å². The number of esters is 2. The Bertz CT molecular complexity index is 948. The van der Waals surface area contributed by atoms with Crippen LogP contribution in [0.5, 0.6) is 0 Å². The van der Waals surface area contributed by atoms with Crippen molar-refractivity contribution in [3.63, 3.8) is 0 Å². The van der Waals surface area contributed by atoms with E-state index in [1.54, 1.807) is 36.4 Å². The van der Waals surface area contributed by atoms with Gasteiger partial charge >= 0.3 is 11.9 Å². The molecular formula is C23H20O7. The van der Waals surface area contributed by atoms with E-state index in [0.29, 0.717) is 48.3 Å². The third-order valence-electron chi connectivity index (χ3n) is 5.54. The molecule has 2 saturated heterocycles. The summed E-state index contributed by atoms with van der Waals surface area (Å²) < 4.78 is 21.3. The first kappa shape index (κ1) is 19.0. The van der Waals surface area contributed by atoms with Crippen molar-refractivity contribution in [3.8, 4) is 11.1 Å². The Morgan fingerprint density at radius 1 is 0.733 bits per heavy atom. The second-order valence-electron chi connectivity index (χ2n) is 7.55. The van der Waals surface area contributed by atoms with Gasteiger partial charge in [-0.05, 0) is 48.2 Å². The first-order valence-corrected chi connectivity index (χ1v) is 10.1. The van der Waals surface area contributed by atoms with Crippen LogP contribution in [0.25, 0.3) is 11.1 Å². The maximum absolute atomic E-state index is 13.0. The molecule has 0 N–H and O–H groups in total. The normalized spacial score (nSPS) is 21.9. The second-order valence-corrected chi connectivity index (χ2v) is 7.55. The maximum Gasteiger partial charge on any atom is 0.340 e. The zero-order valence-electron chi connectivity index (χ0n) is 16.2. The molecule has 30 heavy (non-hydrogen) atoms. The number of benzene rings is 2. The minimum absolute atomic E-state index is 0.237. The standard InChI is InChI=1S/C23H20O7/c24-21-17-11-13(22(25)29-19-3-1-9-27-19)5-7-15(17)16-8-6-14(12-18(16)21)23(26)30-20-4-2-10-28-20/h5-8,11-12,19-20H,1-4,9-10H2. The third-order valence-corrected chi connectivity index (χ3v) is 5.54. The lowest BCUT2D eigenvalue weighted by molar-refractivity contribution is -0.0783. The highest BCUT2D eigenvalue weighted by molar-refractivity contribution is 6.22. The highest BCUT2D eigenvalue weighted by Gasteiger charge is 2.30. The van der Waals surface area contributed by atoms with E-state index in [1.807, 2.05) is 0 Å². The van der Waals surface area contributed by atoms with Gasteiger partial charge in [-0.25, -0.2) is 9.59 Å².